The summed E-state index contributed by atoms with van der Waals surface area (Å²) in [6.45, 7) is 5.71. The molecule has 0 saturated carbocycles. The summed E-state index contributed by atoms with van der Waals surface area (Å²) in [5.74, 6) is -0.0304. The van der Waals surface area contributed by atoms with Crippen LogP contribution in [0.4, 0.5) is 0 Å². The highest BCUT2D eigenvalue weighted by Crippen LogP contribution is 2.24. The number of carbonyl (C=O) groups excluding carboxylic acids is 1. The molecule has 1 unspecified atom stereocenters. The van der Waals surface area contributed by atoms with Crippen molar-refractivity contribution in [3.05, 3.63) is 54.0 Å². The highest BCUT2D eigenvalue weighted by atomic mass is 79.9. The Hall–Kier alpha value is -1.95. The van der Waals surface area contributed by atoms with Crippen molar-refractivity contribution < 1.29 is 14.3 Å². The van der Waals surface area contributed by atoms with Crippen molar-refractivity contribution in [1.29, 1.82) is 0 Å². The van der Waals surface area contributed by atoms with Crippen LogP contribution >= 0.6 is 15.9 Å². The molecule has 0 aromatic carbocycles. The number of hydrogen-bond donors (Lipinski definition) is 0. The third-order valence-corrected chi connectivity index (χ3v) is 3.17. The predicted octanol–water partition coefficient (Wildman–Crippen LogP) is 3.22. The molecule has 2 heterocycles. The molecule has 2 rings (SSSR count). The number of allylic oxidation sites excluding steroid dienone is 2. The SMILES string of the molecule is C=C/C=C1\CC(Br)OC(c2ccnc(C(=O)OCC)c2)=N1. The third kappa shape index (κ3) is 4.01. The van der Waals surface area contributed by atoms with Crippen molar-refractivity contribution >= 4 is 27.8 Å². The molecular formula is C15H15BrN2O3. The van der Waals surface area contributed by atoms with Crippen molar-refractivity contribution in [1.82, 2.24) is 4.98 Å². The van der Waals surface area contributed by atoms with Gasteiger partial charge in [-0.1, -0.05) is 12.7 Å². The molecule has 5 nitrogen and oxygen atoms in total. The van der Waals surface area contributed by atoms with Crippen LogP contribution in [0.2, 0.25) is 0 Å². The fourth-order valence-electron chi connectivity index (χ4n) is 1.78. The molecule has 6 heteroatoms. The second-order valence-electron chi connectivity index (χ2n) is 4.19. The van der Waals surface area contributed by atoms with Gasteiger partial charge in [-0.15, -0.1) is 0 Å². The number of hydrogen-bond acceptors (Lipinski definition) is 5. The zero-order valence-electron chi connectivity index (χ0n) is 11.6. The summed E-state index contributed by atoms with van der Waals surface area (Å²) in [6, 6.07) is 3.34. The maximum absolute atomic E-state index is 11.7. The Morgan fingerprint density at radius 2 is 2.48 bits per heavy atom. The third-order valence-electron chi connectivity index (χ3n) is 2.66. The number of alkyl halides is 1. The molecule has 0 bridgehead atoms. The van der Waals surface area contributed by atoms with Gasteiger partial charge in [-0.3, -0.25) is 0 Å². The van der Waals surface area contributed by atoms with Crippen LogP contribution in [0, 0.1) is 0 Å². The maximum Gasteiger partial charge on any atom is 0.356 e. The lowest BCUT2D eigenvalue weighted by Gasteiger charge is -2.20. The number of halogens is 1. The number of pyridine rings is 1. The Bertz CT molecular complexity index is 611. The zero-order chi connectivity index (χ0) is 15.2. The van der Waals surface area contributed by atoms with Gasteiger partial charge >= 0.3 is 5.97 Å². The first-order chi connectivity index (χ1) is 10.1. The summed E-state index contributed by atoms with van der Waals surface area (Å²) in [5.41, 5.74) is 1.75. The van der Waals surface area contributed by atoms with Gasteiger partial charge in [0.1, 0.15) is 5.69 Å². The molecule has 0 N–H and O–H groups in total. The van der Waals surface area contributed by atoms with Crippen molar-refractivity contribution in [2.75, 3.05) is 6.61 Å². The Labute approximate surface area is 131 Å². The van der Waals surface area contributed by atoms with Gasteiger partial charge < -0.3 is 9.47 Å². The Morgan fingerprint density at radius 1 is 1.67 bits per heavy atom. The van der Waals surface area contributed by atoms with E-state index in [0.29, 0.717) is 24.5 Å². The first kappa shape index (κ1) is 15.4. The second-order valence-corrected chi connectivity index (χ2v) is 5.21. The molecule has 1 aromatic rings. The topological polar surface area (TPSA) is 60.8 Å². The van der Waals surface area contributed by atoms with Gasteiger partial charge in [0.25, 0.3) is 0 Å². The number of nitrogens with zero attached hydrogens (tertiary/aromatic N) is 2. The van der Waals surface area contributed by atoms with Gasteiger partial charge in [0, 0.05) is 23.9 Å². The first-order valence-electron chi connectivity index (χ1n) is 6.48. The summed E-state index contributed by atoms with van der Waals surface area (Å²) >= 11 is 3.42. The monoisotopic (exact) mass is 350 g/mol. The zero-order valence-corrected chi connectivity index (χ0v) is 13.2. The summed E-state index contributed by atoms with van der Waals surface area (Å²) in [6.07, 6.45) is 5.68. The highest BCUT2D eigenvalue weighted by molar-refractivity contribution is 9.09. The Morgan fingerprint density at radius 3 is 3.19 bits per heavy atom. The standard InChI is InChI=1S/C15H15BrN2O3/c1-3-5-11-9-13(16)21-14(18-11)10-6-7-17-12(8-10)15(19)20-4-2/h3,5-8,13H,1,4,9H2,2H3/b11-5+. The molecule has 0 saturated heterocycles. The predicted molar refractivity (Wildman–Crippen MR) is 83.4 cm³/mol. The van der Waals surface area contributed by atoms with Gasteiger partial charge in [0.2, 0.25) is 5.90 Å². The van der Waals surface area contributed by atoms with Crippen LogP contribution < -0.4 is 0 Å². The van der Waals surface area contributed by atoms with E-state index in [0.717, 1.165) is 5.70 Å². The molecule has 0 spiro atoms. The molecule has 1 aromatic heterocycles. The van der Waals surface area contributed by atoms with E-state index >= 15 is 0 Å². The second kappa shape index (κ2) is 7.17. The van der Waals surface area contributed by atoms with Crippen LogP contribution in [-0.2, 0) is 9.47 Å². The van der Waals surface area contributed by atoms with E-state index in [1.54, 1.807) is 25.1 Å². The maximum atomic E-state index is 11.7. The van der Waals surface area contributed by atoms with E-state index < -0.39 is 5.97 Å². The average molecular weight is 351 g/mol. The van der Waals surface area contributed by atoms with E-state index in [1.807, 2.05) is 6.08 Å². The van der Waals surface area contributed by atoms with Gasteiger partial charge in [-0.25, -0.2) is 14.8 Å². The summed E-state index contributed by atoms with van der Waals surface area (Å²) in [4.78, 5) is 20.1. The molecule has 0 amide bonds. The lowest BCUT2D eigenvalue weighted by atomic mass is 10.2. The molecule has 0 aliphatic carbocycles. The molecule has 1 aliphatic rings. The lowest BCUT2D eigenvalue weighted by Crippen LogP contribution is -2.20. The summed E-state index contributed by atoms with van der Waals surface area (Å²) < 4.78 is 10.6. The Kier molecular flexibility index (Phi) is 5.27. The van der Waals surface area contributed by atoms with Crippen LogP contribution in [0.5, 0.6) is 0 Å². The number of rotatable bonds is 4. The van der Waals surface area contributed by atoms with Crippen LogP contribution in [0.25, 0.3) is 0 Å². The molecule has 1 atom stereocenters. The van der Waals surface area contributed by atoms with Crippen molar-refractivity contribution in [2.24, 2.45) is 4.99 Å². The van der Waals surface area contributed by atoms with Crippen molar-refractivity contribution in [3.8, 4) is 0 Å². The van der Waals surface area contributed by atoms with Crippen LogP contribution in [-0.4, -0.2) is 28.5 Å². The van der Waals surface area contributed by atoms with Gasteiger partial charge in [-0.05, 0) is 41.1 Å². The van der Waals surface area contributed by atoms with E-state index in [2.05, 4.69) is 32.5 Å². The van der Waals surface area contributed by atoms with Crippen molar-refractivity contribution in [3.63, 3.8) is 0 Å². The van der Waals surface area contributed by atoms with Crippen LogP contribution in [0.3, 0.4) is 0 Å². The number of carbonyl (C=O) groups is 1. The minimum Gasteiger partial charge on any atom is -0.462 e. The molecule has 0 radical (unpaired) electrons. The molecule has 1 aliphatic heterocycles. The quantitative estimate of drug-likeness (QED) is 0.617. The number of aromatic nitrogens is 1. The van der Waals surface area contributed by atoms with E-state index in [1.165, 1.54) is 6.20 Å². The van der Waals surface area contributed by atoms with Crippen molar-refractivity contribution in [2.45, 2.75) is 18.4 Å². The summed E-state index contributed by atoms with van der Waals surface area (Å²) in [7, 11) is 0. The van der Waals surface area contributed by atoms with E-state index in [9.17, 15) is 4.79 Å². The fourth-order valence-corrected chi connectivity index (χ4v) is 2.29. The van der Waals surface area contributed by atoms with E-state index in [4.69, 9.17) is 9.47 Å². The number of ether oxygens (including phenoxy) is 2. The lowest BCUT2D eigenvalue weighted by molar-refractivity contribution is 0.0519. The largest absolute Gasteiger partial charge is 0.462 e. The Balaban J connectivity index is 2.32. The smallest absolute Gasteiger partial charge is 0.356 e. The van der Waals surface area contributed by atoms with Gasteiger partial charge in [-0.2, -0.15) is 0 Å². The van der Waals surface area contributed by atoms with Gasteiger partial charge in [0.15, 0.2) is 5.01 Å². The molecule has 0 fully saturated rings. The number of esters is 1. The first-order valence-corrected chi connectivity index (χ1v) is 7.40. The van der Waals surface area contributed by atoms with Crippen LogP contribution in [0.15, 0.2) is 47.7 Å². The minimum atomic E-state index is -0.465. The number of aliphatic imine (C=N–C) groups is 1. The van der Waals surface area contributed by atoms with Crippen LogP contribution in [0.1, 0.15) is 29.4 Å². The molecular weight excluding hydrogens is 336 g/mol. The summed E-state index contributed by atoms with van der Waals surface area (Å²) in [5, 5.41) is -0.171. The normalized spacial score (nSPS) is 19.6. The minimum absolute atomic E-state index is 0.171. The fraction of sp³-hybridized carbons (Fsp3) is 0.267. The van der Waals surface area contributed by atoms with Gasteiger partial charge in [0.05, 0.1) is 6.61 Å². The molecule has 21 heavy (non-hydrogen) atoms. The highest BCUT2D eigenvalue weighted by Gasteiger charge is 2.20. The average Bonchev–Trinajstić information content (AvgIpc) is 2.47. The molecule has 110 valence electrons. The van der Waals surface area contributed by atoms with E-state index in [-0.39, 0.29) is 10.7 Å².